The Kier molecular flexibility index (Phi) is 8.79. The Morgan fingerprint density at radius 1 is 1.05 bits per heavy atom. The molecule has 0 radical (unpaired) electrons. The maximum absolute atomic E-state index is 14.5. The fourth-order valence-electron chi connectivity index (χ4n) is 4.62. The number of tetrazole rings is 1. The number of nitrogens with zero attached hydrogens (tertiary/aromatic N) is 6. The number of amides is 4. The van der Waals surface area contributed by atoms with Crippen LogP contribution in [-0.2, 0) is 16.0 Å². The highest BCUT2D eigenvalue weighted by atomic mass is 19.1. The van der Waals surface area contributed by atoms with Crippen LogP contribution in [0, 0.1) is 5.82 Å². The van der Waals surface area contributed by atoms with Gasteiger partial charge in [0.25, 0.3) is 11.8 Å². The van der Waals surface area contributed by atoms with Gasteiger partial charge in [-0.15, -0.1) is 5.10 Å². The number of carbonyl (C=O) groups is 4. The van der Waals surface area contributed by atoms with Gasteiger partial charge in [-0.2, -0.15) is 9.78 Å². The lowest BCUT2D eigenvalue weighted by atomic mass is 10.0. The predicted octanol–water partition coefficient (Wildman–Crippen LogP) is 0.705. The molecule has 2 aromatic heterocycles. The van der Waals surface area contributed by atoms with Gasteiger partial charge in [0.2, 0.25) is 11.8 Å². The number of hydrogen-bond acceptors (Lipinski definition) is 8. The van der Waals surface area contributed by atoms with Crippen molar-refractivity contribution < 1.29 is 23.6 Å². The minimum Gasteiger partial charge on any atom is -0.355 e. The molecule has 15 heteroatoms. The zero-order valence-corrected chi connectivity index (χ0v) is 23.2. The number of halogens is 1. The molecule has 222 valence electrons. The minimum atomic E-state index is -1.05. The summed E-state index contributed by atoms with van der Waals surface area (Å²) in [6.45, 7) is 1.34. The first kappa shape index (κ1) is 29.0. The predicted molar refractivity (Wildman–Crippen MR) is 149 cm³/mol. The third-order valence-electron chi connectivity index (χ3n) is 6.90. The molecule has 14 nitrogen and oxygen atoms in total. The Hall–Kier alpha value is -5.47. The van der Waals surface area contributed by atoms with E-state index in [4.69, 9.17) is 0 Å². The van der Waals surface area contributed by atoms with Crippen molar-refractivity contribution in [3.63, 3.8) is 0 Å². The summed E-state index contributed by atoms with van der Waals surface area (Å²) >= 11 is 0. The number of carbonyl (C=O) groups excluding carboxylic acids is 4. The summed E-state index contributed by atoms with van der Waals surface area (Å²) in [5.74, 6) is -2.71. The van der Waals surface area contributed by atoms with Crippen molar-refractivity contribution >= 4 is 23.6 Å². The van der Waals surface area contributed by atoms with Crippen LogP contribution in [0.15, 0.2) is 60.9 Å². The summed E-state index contributed by atoms with van der Waals surface area (Å²) in [4.78, 5) is 54.3. The van der Waals surface area contributed by atoms with Crippen molar-refractivity contribution in [3.05, 3.63) is 89.1 Å². The number of rotatable bonds is 3. The summed E-state index contributed by atoms with van der Waals surface area (Å²) in [5, 5.41) is 25.9. The van der Waals surface area contributed by atoms with Gasteiger partial charge in [-0.05, 0) is 53.5 Å². The number of H-pyrrole nitrogens is 1. The molecule has 2 aromatic carbocycles. The molecule has 2 bridgehead atoms. The lowest BCUT2D eigenvalue weighted by molar-refractivity contribution is -0.123. The van der Waals surface area contributed by atoms with E-state index in [1.54, 1.807) is 36.4 Å². The number of aromatic nitrogens is 6. The number of nitrogens with one attached hydrogen (secondary N) is 4. The largest absolute Gasteiger partial charge is 0.355 e. The molecular weight excluding hydrogens is 559 g/mol. The Morgan fingerprint density at radius 3 is 2.63 bits per heavy atom. The topological polar surface area (TPSA) is 180 Å². The van der Waals surface area contributed by atoms with E-state index in [0.29, 0.717) is 24.0 Å². The Labute approximate surface area is 245 Å². The second kappa shape index (κ2) is 13.0. The summed E-state index contributed by atoms with van der Waals surface area (Å²) < 4.78 is 15.8. The molecular formula is C28H29FN10O4. The molecule has 0 saturated carbocycles. The van der Waals surface area contributed by atoms with Crippen molar-refractivity contribution in [1.82, 2.24) is 51.3 Å². The van der Waals surface area contributed by atoms with Gasteiger partial charge in [-0.1, -0.05) is 36.4 Å². The van der Waals surface area contributed by atoms with Gasteiger partial charge in [0.15, 0.2) is 5.82 Å². The first-order valence-electron chi connectivity index (χ1n) is 13.6. The lowest BCUT2D eigenvalue weighted by Gasteiger charge is -2.29. The van der Waals surface area contributed by atoms with Crippen LogP contribution in [0.3, 0.4) is 0 Å². The fraction of sp³-hybridized carbons (Fsp3) is 0.286. The first-order chi connectivity index (χ1) is 20.8. The van der Waals surface area contributed by atoms with Gasteiger partial charge in [0.1, 0.15) is 23.9 Å². The smallest absolute Gasteiger partial charge is 0.272 e. The number of aryl methyl sites for hydroxylation is 1. The third-order valence-corrected chi connectivity index (χ3v) is 6.90. The van der Waals surface area contributed by atoms with Crippen LogP contribution in [0.5, 0.6) is 0 Å². The van der Waals surface area contributed by atoms with Crippen molar-refractivity contribution in [1.29, 1.82) is 0 Å². The SMILES string of the molecule is C[C@H]1NC(=O)c2cc(ccc2F)CCCNC(=O)CN(C(=O)c2cc(-n3cnnn3)n[nH]2)C[C@H](c2ccccc2)NC1=O. The Balaban J connectivity index is 1.45. The van der Waals surface area contributed by atoms with Crippen molar-refractivity contribution in [2.45, 2.75) is 31.8 Å². The Morgan fingerprint density at radius 2 is 1.86 bits per heavy atom. The average molecular weight is 589 g/mol. The van der Waals surface area contributed by atoms with E-state index in [1.165, 1.54) is 41.0 Å². The van der Waals surface area contributed by atoms with Gasteiger partial charge in [0.05, 0.1) is 18.2 Å². The van der Waals surface area contributed by atoms with Crippen LogP contribution in [0.4, 0.5) is 4.39 Å². The number of hydrogen-bond donors (Lipinski definition) is 4. The third kappa shape index (κ3) is 7.06. The maximum Gasteiger partial charge on any atom is 0.272 e. The van der Waals surface area contributed by atoms with Crippen molar-refractivity contribution in [2.75, 3.05) is 19.6 Å². The highest BCUT2D eigenvalue weighted by Gasteiger charge is 2.28. The van der Waals surface area contributed by atoms with Gasteiger partial charge in [0, 0.05) is 19.2 Å². The standard InChI is InChI=1S/C28H29FN10O4/c1-17-26(41)33-23(19-7-3-2-4-8-19)14-38(28(43)22-13-24(35-34-22)39-16-31-36-37-39)15-25(40)30-11-5-6-18-9-10-21(29)20(12-18)27(42)32-17/h2-4,7-10,12-13,16-17,23H,5-6,11,14-15H2,1H3,(H,30,40)(H,32,42)(H,33,41)(H,34,35)/t17-,23-/m1/s1. The van der Waals surface area contributed by atoms with E-state index in [9.17, 15) is 23.6 Å². The highest BCUT2D eigenvalue weighted by molar-refractivity contribution is 5.98. The van der Waals surface area contributed by atoms with Gasteiger partial charge >= 0.3 is 0 Å². The van der Waals surface area contributed by atoms with E-state index in [2.05, 4.69) is 41.7 Å². The van der Waals surface area contributed by atoms with Gasteiger partial charge in [-0.3, -0.25) is 24.3 Å². The number of aromatic amines is 1. The molecule has 4 aromatic rings. The quantitative estimate of drug-likeness (QED) is 0.270. The van der Waals surface area contributed by atoms with Crippen LogP contribution in [-0.4, -0.2) is 84.6 Å². The zero-order valence-electron chi connectivity index (χ0n) is 23.2. The van der Waals surface area contributed by atoms with E-state index < -0.39 is 41.5 Å². The van der Waals surface area contributed by atoms with Crippen LogP contribution in [0.25, 0.3) is 5.82 Å². The molecule has 5 rings (SSSR count). The summed E-state index contributed by atoms with van der Waals surface area (Å²) in [5.41, 5.74) is 1.25. The molecule has 0 fully saturated rings. The van der Waals surface area contributed by atoms with Crippen LogP contribution < -0.4 is 16.0 Å². The zero-order chi connectivity index (χ0) is 30.3. The maximum atomic E-state index is 14.5. The van der Waals surface area contributed by atoms with Crippen LogP contribution in [0.1, 0.15) is 51.4 Å². The monoisotopic (exact) mass is 588 g/mol. The van der Waals surface area contributed by atoms with E-state index >= 15 is 0 Å². The van der Waals surface area contributed by atoms with E-state index in [0.717, 1.165) is 0 Å². The summed E-state index contributed by atoms with van der Waals surface area (Å²) in [6, 6.07) is 12.7. The van der Waals surface area contributed by atoms with E-state index in [1.807, 2.05) is 0 Å². The number of fused-ring (bicyclic) bond motifs is 2. The normalized spacial score (nSPS) is 18.7. The molecule has 43 heavy (non-hydrogen) atoms. The molecule has 0 aliphatic carbocycles. The molecule has 0 unspecified atom stereocenters. The molecule has 4 N–H and O–H groups in total. The molecule has 2 atom stereocenters. The molecule has 4 amide bonds. The van der Waals surface area contributed by atoms with Gasteiger partial charge < -0.3 is 20.9 Å². The van der Waals surface area contributed by atoms with E-state index in [-0.39, 0.29) is 36.7 Å². The lowest BCUT2D eigenvalue weighted by Crippen LogP contribution is -2.49. The number of benzene rings is 2. The van der Waals surface area contributed by atoms with Crippen LogP contribution >= 0.6 is 0 Å². The summed E-state index contributed by atoms with van der Waals surface area (Å²) in [7, 11) is 0. The fourth-order valence-corrected chi connectivity index (χ4v) is 4.62. The highest BCUT2D eigenvalue weighted by Crippen LogP contribution is 2.18. The average Bonchev–Trinajstić information content (AvgIpc) is 3.72. The van der Waals surface area contributed by atoms with Crippen LogP contribution in [0.2, 0.25) is 0 Å². The minimum absolute atomic E-state index is 0.0734. The molecule has 1 aliphatic rings. The molecule has 1 aliphatic heterocycles. The molecule has 0 spiro atoms. The molecule has 3 heterocycles. The second-order valence-corrected chi connectivity index (χ2v) is 10.0. The first-order valence-corrected chi connectivity index (χ1v) is 13.6. The summed E-state index contributed by atoms with van der Waals surface area (Å²) in [6.07, 6.45) is 2.28. The molecule has 0 saturated heterocycles. The van der Waals surface area contributed by atoms with Crippen molar-refractivity contribution in [3.8, 4) is 5.82 Å². The van der Waals surface area contributed by atoms with Gasteiger partial charge in [-0.25, -0.2) is 4.39 Å². The van der Waals surface area contributed by atoms with Crippen molar-refractivity contribution in [2.24, 2.45) is 0 Å². The second-order valence-electron chi connectivity index (χ2n) is 10.0. The Bertz CT molecular complexity index is 1610.